The van der Waals surface area contributed by atoms with Crippen LogP contribution >= 0.6 is 11.3 Å². The molecular weight excluding hydrogens is 374 g/mol. The van der Waals surface area contributed by atoms with Crippen molar-refractivity contribution in [2.45, 2.75) is 6.42 Å². The molecule has 0 aliphatic carbocycles. The molecule has 138 valence electrons. The molecule has 1 aliphatic rings. The molecule has 0 amide bonds. The predicted molar refractivity (Wildman–Crippen MR) is 123 cm³/mol. The first kappa shape index (κ1) is 15.6. The molecule has 2 aromatic heterocycles. The van der Waals surface area contributed by atoms with E-state index in [0.29, 0.717) is 0 Å². The third kappa shape index (κ3) is 2.00. The number of fused-ring (bicyclic) bond motifs is 8. The van der Waals surface area contributed by atoms with Gasteiger partial charge in [-0.15, -0.1) is 11.3 Å². The van der Waals surface area contributed by atoms with Crippen LogP contribution in [-0.4, -0.2) is 11.2 Å². The molecule has 6 aromatic rings. The smallest absolute Gasteiger partial charge is 0.132 e. The average Bonchev–Trinajstić information content (AvgIpc) is 3.46. The summed E-state index contributed by atoms with van der Waals surface area (Å²) in [5.41, 5.74) is 5.02. The summed E-state index contributed by atoms with van der Waals surface area (Å²) in [6, 6.07) is 28.6. The molecule has 0 saturated carbocycles. The maximum Gasteiger partial charge on any atom is 0.132 e. The highest BCUT2D eigenvalue weighted by Crippen LogP contribution is 2.44. The lowest BCUT2D eigenvalue weighted by molar-refractivity contribution is 0.360. The van der Waals surface area contributed by atoms with Crippen LogP contribution in [0.25, 0.3) is 47.7 Å². The second-order valence-corrected chi connectivity index (χ2v) is 8.70. The Labute approximate surface area is 171 Å². The molecule has 1 aliphatic heterocycles. The average molecular weight is 391 g/mol. The zero-order valence-corrected chi connectivity index (χ0v) is 16.5. The number of benzene rings is 4. The molecule has 7 rings (SSSR count). The molecule has 0 bridgehead atoms. The molecule has 0 atom stereocenters. The first-order valence-electron chi connectivity index (χ1n) is 9.98. The summed E-state index contributed by atoms with van der Waals surface area (Å²) >= 11 is 1.88. The predicted octanol–water partition coefficient (Wildman–Crippen LogP) is 7.09. The molecule has 0 saturated heterocycles. The SMILES string of the molecule is c1ccc2c(c1)sc1c(-n3c4ccccc4c4c5c(ccc43)CCO5)cccc12. The van der Waals surface area contributed by atoms with Crippen LogP contribution in [0.15, 0.2) is 78.9 Å². The van der Waals surface area contributed by atoms with Crippen LogP contribution in [0.1, 0.15) is 5.56 Å². The van der Waals surface area contributed by atoms with Gasteiger partial charge in [0.05, 0.1) is 33.4 Å². The quantitative estimate of drug-likeness (QED) is 0.292. The number of para-hydroxylation sites is 1. The van der Waals surface area contributed by atoms with Crippen molar-refractivity contribution in [3.63, 3.8) is 0 Å². The highest BCUT2D eigenvalue weighted by atomic mass is 32.1. The Morgan fingerprint density at radius 1 is 0.724 bits per heavy atom. The van der Waals surface area contributed by atoms with Crippen LogP contribution in [0, 0.1) is 0 Å². The van der Waals surface area contributed by atoms with Crippen LogP contribution in [0.5, 0.6) is 5.75 Å². The van der Waals surface area contributed by atoms with E-state index in [-0.39, 0.29) is 0 Å². The summed E-state index contributed by atoms with van der Waals surface area (Å²) in [6.07, 6.45) is 0.997. The first-order chi connectivity index (χ1) is 14.4. The van der Waals surface area contributed by atoms with E-state index in [4.69, 9.17) is 4.74 Å². The monoisotopic (exact) mass is 391 g/mol. The maximum atomic E-state index is 6.09. The van der Waals surface area contributed by atoms with E-state index in [2.05, 4.69) is 83.4 Å². The van der Waals surface area contributed by atoms with Crippen molar-refractivity contribution in [1.29, 1.82) is 0 Å². The van der Waals surface area contributed by atoms with Gasteiger partial charge in [0.25, 0.3) is 0 Å². The highest BCUT2D eigenvalue weighted by Gasteiger charge is 2.22. The van der Waals surface area contributed by atoms with E-state index < -0.39 is 0 Å². The number of rotatable bonds is 1. The third-order valence-corrected chi connectivity index (χ3v) is 7.32. The molecule has 2 nitrogen and oxygen atoms in total. The molecular formula is C26H17NOS. The van der Waals surface area contributed by atoms with E-state index in [1.54, 1.807) is 0 Å². The van der Waals surface area contributed by atoms with Crippen LogP contribution in [0.2, 0.25) is 0 Å². The molecule has 0 spiro atoms. The summed E-state index contributed by atoms with van der Waals surface area (Å²) < 4.78 is 11.2. The number of ether oxygens (including phenoxy) is 1. The van der Waals surface area contributed by atoms with Gasteiger partial charge in [0.15, 0.2) is 0 Å². The van der Waals surface area contributed by atoms with Crippen LogP contribution in [0.3, 0.4) is 0 Å². The van der Waals surface area contributed by atoms with E-state index >= 15 is 0 Å². The Kier molecular flexibility index (Phi) is 3.02. The largest absolute Gasteiger partial charge is 0.492 e. The van der Waals surface area contributed by atoms with Gasteiger partial charge in [0.1, 0.15) is 5.75 Å². The van der Waals surface area contributed by atoms with Crippen molar-refractivity contribution < 1.29 is 4.74 Å². The summed E-state index contributed by atoms with van der Waals surface area (Å²) in [4.78, 5) is 0. The van der Waals surface area contributed by atoms with E-state index in [9.17, 15) is 0 Å². The second kappa shape index (κ2) is 5.62. The van der Waals surface area contributed by atoms with Crippen molar-refractivity contribution in [1.82, 2.24) is 4.57 Å². The zero-order chi connectivity index (χ0) is 18.9. The van der Waals surface area contributed by atoms with Crippen molar-refractivity contribution in [2.75, 3.05) is 6.61 Å². The normalized spacial score (nSPS) is 13.5. The van der Waals surface area contributed by atoms with Gasteiger partial charge in [0.2, 0.25) is 0 Å². The fourth-order valence-corrected chi connectivity index (χ4v) is 6.07. The van der Waals surface area contributed by atoms with Gasteiger partial charge in [-0.1, -0.05) is 54.6 Å². The summed E-state index contributed by atoms with van der Waals surface area (Å²) in [5.74, 6) is 1.07. The van der Waals surface area contributed by atoms with Gasteiger partial charge in [-0.2, -0.15) is 0 Å². The Hall–Kier alpha value is -3.30. The number of hydrogen-bond acceptors (Lipinski definition) is 2. The molecule has 3 heteroatoms. The molecule has 0 radical (unpaired) electrons. The Morgan fingerprint density at radius 3 is 2.52 bits per heavy atom. The second-order valence-electron chi connectivity index (χ2n) is 7.65. The molecule has 29 heavy (non-hydrogen) atoms. The topological polar surface area (TPSA) is 14.2 Å². The maximum absolute atomic E-state index is 6.09. The van der Waals surface area contributed by atoms with Crippen LogP contribution in [-0.2, 0) is 6.42 Å². The van der Waals surface area contributed by atoms with Gasteiger partial charge in [-0.05, 0) is 29.8 Å². The number of aromatic nitrogens is 1. The minimum Gasteiger partial charge on any atom is -0.492 e. The van der Waals surface area contributed by atoms with Crippen molar-refractivity contribution in [3.05, 3.63) is 84.4 Å². The fourth-order valence-electron chi connectivity index (χ4n) is 4.86. The minimum atomic E-state index is 0.778. The molecule has 0 fully saturated rings. The minimum absolute atomic E-state index is 0.778. The van der Waals surface area contributed by atoms with Crippen LogP contribution in [0.4, 0.5) is 0 Å². The Morgan fingerprint density at radius 2 is 1.55 bits per heavy atom. The van der Waals surface area contributed by atoms with Crippen molar-refractivity contribution in [2.24, 2.45) is 0 Å². The van der Waals surface area contributed by atoms with E-state index in [1.165, 1.54) is 53.2 Å². The standard InChI is InChI=1S/C26H17NOS/c1-3-9-20-19(7-1)24-21(13-12-16-14-15-28-25(16)24)27(20)22-10-5-8-18-17-6-2-4-11-23(17)29-26(18)22/h1-13H,14-15H2. The number of thiophene rings is 1. The molecule has 0 unspecified atom stereocenters. The van der Waals surface area contributed by atoms with Crippen LogP contribution < -0.4 is 4.74 Å². The fraction of sp³-hybridized carbons (Fsp3) is 0.0769. The third-order valence-electron chi connectivity index (χ3n) is 6.11. The number of hydrogen-bond donors (Lipinski definition) is 0. The lowest BCUT2D eigenvalue weighted by Crippen LogP contribution is -1.94. The first-order valence-corrected chi connectivity index (χ1v) is 10.8. The summed E-state index contributed by atoms with van der Waals surface area (Å²) in [7, 11) is 0. The van der Waals surface area contributed by atoms with Gasteiger partial charge in [-0.3, -0.25) is 0 Å². The molecule has 4 aromatic carbocycles. The van der Waals surface area contributed by atoms with Gasteiger partial charge in [-0.25, -0.2) is 0 Å². The van der Waals surface area contributed by atoms with Crippen molar-refractivity contribution >= 4 is 53.3 Å². The van der Waals surface area contributed by atoms with E-state index in [0.717, 1.165) is 18.8 Å². The van der Waals surface area contributed by atoms with Crippen molar-refractivity contribution in [3.8, 4) is 11.4 Å². The van der Waals surface area contributed by atoms with E-state index in [1.807, 2.05) is 11.3 Å². The van der Waals surface area contributed by atoms with Gasteiger partial charge in [0, 0.05) is 27.3 Å². The van der Waals surface area contributed by atoms with Gasteiger partial charge >= 0.3 is 0 Å². The summed E-state index contributed by atoms with van der Waals surface area (Å²) in [6.45, 7) is 0.778. The highest BCUT2D eigenvalue weighted by molar-refractivity contribution is 7.26. The lowest BCUT2D eigenvalue weighted by atomic mass is 10.1. The summed E-state index contributed by atoms with van der Waals surface area (Å²) in [5, 5.41) is 5.17. The Balaban J connectivity index is 1.69. The Bertz CT molecular complexity index is 1590. The molecule has 0 N–H and O–H groups in total. The van der Waals surface area contributed by atoms with Gasteiger partial charge < -0.3 is 9.30 Å². The number of nitrogens with zero attached hydrogens (tertiary/aromatic N) is 1. The molecule has 3 heterocycles. The lowest BCUT2D eigenvalue weighted by Gasteiger charge is -2.09. The zero-order valence-electron chi connectivity index (χ0n) is 15.7.